The molecule has 134 valence electrons. The number of sulfonamides is 1. The minimum absolute atomic E-state index is 0.388. The minimum Gasteiger partial charge on any atom is -0.345 e. The largest absolute Gasteiger partial charge is 0.345 e. The molecule has 2 aliphatic rings. The van der Waals surface area contributed by atoms with E-state index in [-0.39, 0.29) is 5.25 Å². The standard InChI is InChI=1S/C17H22N4O2S2/c1-2-16-18-17(24-19-16)20-10-5-7-14(12-20)25(22,23)21-11-9-13-6-3-4-8-15(13)21/h3-4,6,8,14H,2,5,7,9-12H2,1H3. The zero-order valence-electron chi connectivity index (χ0n) is 14.3. The fourth-order valence-electron chi connectivity index (χ4n) is 3.62. The molecule has 0 amide bonds. The molecular weight excluding hydrogens is 356 g/mol. The lowest BCUT2D eigenvalue weighted by atomic mass is 10.1. The molecule has 0 radical (unpaired) electrons. The van der Waals surface area contributed by atoms with Crippen LogP contribution in [0.25, 0.3) is 0 Å². The highest BCUT2D eigenvalue weighted by atomic mass is 32.2. The van der Waals surface area contributed by atoms with E-state index in [1.165, 1.54) is 11.5 Å². The first-order valence-electron chi connectivity index (χ1n) is 8.76. The number of hydrogen-bond donors (Lipinski definition) is 0. The van der Waals surface area contributed by atoms with Crippen LogP contribution in [-0.4, -0.2) is 42.7 Å². The lowest BCUT2D eigenvalue weighted by molar-refractivity contribution is 0.528. The summed E-state index contributed by atoms with van der Waals surface area (Å²) in [4.78, 5) is 6.62. The van der Waals surface area contributed by atoms with Gasteiger partial charge in [-0.05, 0) is 30.9 Å². The molecular formula is C17H22N4O2S2. The highest BCUT2D eigenvalue weighted by Gasteiger charge is 2.38. The molecule has 8 heteroatoms. The first kappa shape index (κ1) is 16.8. The Hall–Kier alpha value is -1.67. The fraction of sp³-hybridized carbons (Fsp3) is 0.529. The average molecular weight is 379 g/mol. The molecule has 4 rings (SSSR count). The molecule has 25 heavy (non-hydrogen) atoms. The van der Waals surface area contributed by atoms with Crippen LogP contribution < -0.4 is 9.21 Å². The number of anilines is 2. The van der Waals surface area contributed by atoms with Crippen LogP contribution in [0, 0.1) is 0 Å². The molecule has 1 aromatic heterocycles. The van der Waals surface area contributed by atoms with Crippen LogP contribution in [-0.2, 0) is 22.9 Å². The van der Waals surface area contributed by atoms with E-state index in [4.69, 9.17) is 0 Å². The van der Waals surface area contributed by atoms with Crippen molar-refractivity contribution in [3.63, 3.8) is 0 Å². The smallest absolute Gasteiger partial charge is 0.239 e. The lowest BCUT2D eigenvalue weighted by Gasteiger charge is -2.34. The van der Waals surface area contributed by atoms with Gasteiger partial charge in [-0.3, -0.25) is 4.31 Å². The summed E-state index contributed by atoms with van der Waals surface area (Å²) in [6.07, 6.45) is 3.16. The van der Waals surface area contributed by atoms with Crippen molar-refractivity contribution >= 4 is 32.4 Å². The average Bonchev–Trinajstić information content (AvgIpc) is 3.29. The molecule has 6 nitrogen and oxygen atoms in total. The Labute approximate surface area is 152 Å². The van der Waals surface area contributed by atoms with Crippen LogP contribution in [0.1, 0.15) is 31.2 Å². The topological polar surface area (TPSA) is 66.4 Å². The third-order valence-electron chi connectivity index (χ3n) is 5.00. The van der Waals surface area contributed by atoms with Gasteiger partial charge in [0.2, 0.25) is 15.2 Å². The number of hydrogen-bond acceptors (Lipinski definition) is 6. The molecule has 1 aromatic carbocycles. The normalized spacial score (nSPS) is 20.8. The molecule has 1 unspecified atom stereocenters. The Morgan fingerprint density at radius 1 is 1.28 bits per heavy atom. The van der Waals surface area contributed by atoms with Crippen molar-refractivity contribution in [1.29, 1.82) is 0 Å². The summed E-state index contributed by atoms with van der Waals surface area (Å²) in [6.45, 7) is 3.93. The van der Waals surface area contributed by atoms with Gasteiger partial charge in [0, 0.05) is 37.6 Å². The van der Waals surface area contributed by atoms with Gasteiger partial charge in [-0.2, -0.15) is 4.37 Å². The lowest BCUT2D eigenvalue weighted by Crippen LogP contribution is -2.47. The molecule has 0 aliphatic carbocycles. The van der Waals surface area contributed by atoms with Crippen molar-refractivity contribution in [1.82, 2.24) is 9.36 Å². The van der Waals surface area contributed by atoms with E-state index in [0.29, 0.717) is 19.5 Å². The zero-order chi connectivity index (χ0) is 17.4. The van der Waals surface area contributed by atoms with Crippen LogP contribution in [0.2, 0.25) is 0 Å². The number of para-hydroxylation sites is 1. The molecule has 0 saturated carbocycles. The molecule has 1 atom stereocenters. The maximum atomic E-state index is 13.3. The molecule has 2 aliphatic heterocycles. The maximum absolute atomic E-state index is 13.3. The van der Waals surface area contributed by atoms with Crippen LogP contribution in [0.5, 0.6) is 0 Å². The van der Waals surface area contributed by atoms with Crippen molar-refractivity contribution < 1.29 is 8.42 Å². The number of aryl methyl sites for hydroxylation is 1. The SMILES string of the molecule is CCc1nsc(N2CCCC(S(=O)(=O)N3CCc4ccccc43)C2)n1. The van der Waals surface area contributed by atoms with Gasteiger partial charge < -0.3 is 4.90 Å². The molecule has 0 bridgehead atoms. The van der Waals surface area contributed by atoms with Crippen molar-refractivity contribution in [2.75, 3.05) is 28.8 Å². The van der Waals surface area contributed by atoms with Gasteiger partial charge in [-0.25, -0.2) is 13.4 Å². The summed E-state index contributed by atoms with van der Waals surface area (Å²) in [5.74, 6) is 0.832. The summed E-state index contributed by atoms with van der Waals surface area (Å²) in [5, 5.41) is 0.458. The number of piperidine rings is 1. The first-order valence-corrected chi connectivity index (χ1v) is 11.0. The Morgan fingerprint density at radius 2 is 2.12 bits per heavy atom. The van der Waals surface area contributed by atoms with E-state index in [0.717, 1.165) is 48.0 Å². The van der Waals surface area contributed by atoms with E-state index in [1.54, 1.807) is 4.31 Å². The van der Waals surface area contributed by atoms with Crippen LogP contribution >= 0.6 is 11.5 Å². The number of benzene rings is 1. The maximum Gasteiger partial charge on any atom is 0.239 e. The summed E-state index contributed by atoms with van der Waals surface area (Å²) in [6, 6.07) is 7.82. The number of nitrogens with zero attached hydrogens (tertiary/aromatic N) is 4. The molecule has 3 heterocycles. The Balaban J connectivity index is 1.56. The summed E-state index contributed by atoms with van der Waals surface area (Å²) in [5.41, 5.74) is 1.97. The van der Waals surface area contributed by atoms with Crippen molar-refractivity contribution in [3.05, 3.63) is 35.7 Å². The van der Waals surface area contributed by atoms with Gasteiger partial charge in [0.15, 0.2) is 0 Å². The summed E-state index contributed by atoms with van der Waals surface area (Å²) >= 11 is 1.37. The van der Waals surface area contributed by atoms with Gasteiger partial charge >= 0.3 is 0 Å². The van der Waals surface area contributed by atoms with Gasteiger partial charge in [-0.1, -0.05) is 25.1 Å². The molecule has 1 saturated heterocycles. The fourth-order valence-corrected chi connectivity index (χ4v) is 6.40. The van der Waals surface area contributed by atoms with E-state index >= 15 is 0 Å². The number of aromatic nitrogens is 2. The highest BCUT2D eigenvalue weighted by molar-refractivity contribution is 7.93. The zero-order valence-corrected chi connectivity index (χ0v) is 15.9. The second-order valence-electron chi connectivity index (χ2n) is 6.55. The van der Waals surface area contributed by atoms with E-state index in [9.17, 15) is 8.42 Å². The predicted octanol–water partition coefficient (Wildman–Crippen LogP) is 2.46. The number of rotatable bonds is 4. The second-order valence-corrected chi connectivity index (χ2v) is 9.42. The van der Waals surface area contributed by atoms with Gasteiger partial charge in [-0.15, -0.1) is 0 Å². The molecule has 0 N–H and O–H groups in total. The van der Waals surface area contributed by atoms with Gasteiger partial charge in [0.1, 0.15) is 5.82 Å². The van der Waals surface area contributed by atoms with Crippen molar-refractivity contribution in [2.24, 2.45) is 0 Å². The summed E-state index contributed by atoms with van der Waals surface area (Å²) < 4.78 is 32.5. The van der Waals surface area contributed by atoms with Crippen molar-refractivity contribution in [2.45, 2.75) is 37.9 Å². The van der Waals surface area contributed by atoms with E-state index in [1.807, 2.05) is 31.2 Å². The predicted molar refractivity (Wildman–Crippen MR) is 101 cm³/mol. The Bertz CT molecular complexity index is 865. The number of fused-ring (bicyclic) bond motifs is 1. The second kappa shape index (κ2) is 6.57. The Morgan fingerprint density at radius 3 is 2.92 bits per heavy atom. The molecule has 0 spiro atoms. The quantitative estimate of drug-likeness (QED) is 0.818. The minimum atomic E-state index is -3.37. The highest BCUT2D eigenvalue weighted by Crippen LogP contribution is 2.34. The Kier molecular flexibility index (Phi) is 4.41. The molecule has 1 fully saturated rings. The first-order chi connectivity index (χ1) is 12.1. The monoisotopic (exact) mass is 378 g/mol. The third kappa shape index (κ3) is 3.01. The van der Waals surface area contributed by atoms with Gasteiger partial charge in [0.05, 0.1) is 10.9 Å². The third-order valence-corrected chi connectivity index (χ3v) is 8.03. The van der Waals surface area contributed by atoms with Crippen LogP contribution in [0.4, 0.5) is 10.8 Å². The van der Waals surface area contributed by atoms with Crippen molar-refractivity contribution in [3.8, 4) is 0 Å². The van der Waals surface area contributed by atoms with Gasteiger partial charge in [0.25, 0.3) is 0 Å². The van der Waals surface area contributed by atoms with E-state index in [2.05, 4.69) is 14.3 Å². The van der Waals surface area contributed by atoms with E-state index < -0.39 is 10.0 Å². The molecule has 2 aromatic rings. The van der Waals surface area contributed by atoms with Crippen LogP contribution in [0.3, 0.4) is 0 Å². The summed E-state index contributed by atoms with van der Waals surface area (Å²) in [7, 11) is -3.37. The van der Waals surface area contributed by atoms with Crippen LogP contribution in [0.15, 0.2) is 24.3 Å².